The largest absolute Gasteiger partial charge is 0.312 e. The zero-order chi connectivity index (χ0) is 9.26. The third-order valence-corrected chi connectivity index (χ3v) is 3.83. The fourth-order valence-corrected chi connectivity index (χ4v) is 2.93. The molecule has 0 aromatic rings. The van der Waals surface area contributed by atoms with Gasteiger partial charge in [-0.25, -0.2) is 0 Å². The van der Waals surface area contributed by atoms with E-state index in [0.717, 1.165) is 18.0 Å². The second-order valence-corrected chi connectivity index (χ2v) is 4.79. The molecule has 0 spiro atoms. The summed E-state index contributed by atoms with van der Waals surface area (Å²) in [6.45, 7) is 4.93. The van der Waals surface area contributed by atoms with E-state index in [0.29, 0.717) is 0 Å². The maximum Gasteiger partial charge on any atom is 0.0249 e. The number of nitrogens with one attached hydrogen (secondary N) is 1. The summed E-state index contributed by atoms with van der Waals surface area (Å²) in [5, 5.41) is 3.66. The SMILES string of the molecule is CC1CCNC1C1CCCCN1C. The van der Waals surface area contributed by atoms with E-state index in [2.05, 4.69) is 24.2 Å². The number of likely N-dealkylation sites (tertiary alicyclic amines) is 1. The molecule has 13 heavy (non-hydrogen) atoms. The van der Waals surface area contributed by atoms with Crippen LogP contribution in [-0.2, 0) is 0 Å². The van der Waals surface area contributed by atoms with Gasteiger partial charge in [-0.15, -0.1) is 0 Å². The molecule has 2 aliphatic heterocycles. The van der Waals surface area contributed by atoms with Crippen molar-refractivity contribution in [1.29, 1.82) is 0 Å². The van der Waals surface area contributed by atoms with Gasteiger partial charge in [-0.3, -0.25) is 0 Å². The van der Waals surface area contributed by atoms with E-state index in [4.69, 9.17) is 0 Å². The highest BCUT2D eigenvalue weighted by Gasteiger charge is 2.33. The summed E-state index contributed by atoms with van der Waals surface area (Å²) >= 11 is 0. The predicted octanol–water partition coefficient (Wildman–Crippen LogP) is 1.47. The summed E-state index contributed by atoms with van der Waals surface area (Å²) in [5.41, 5.74) is 0. The normalized spacial score (nSPS) is 42.5. The summed E-state index contributed by atoms with van der Waals surface area (Å²) in [5.74, 6) is 0.880. The molecule has 76 valence electrons. The van der Waals surface area contributed by atoms with Gasteiger partial charge < -0.3 is 10.2 Å². The Labute approximate surface area is 81.7 Å². The molecular weight excluding hydrogens is 160 g/mol. The van der Waals surface area contributed by atoms with Crippen molar-refractivity contribution in [2.24, 2.45) is 5.92 Å². The molecule has 2 saturated heterocycles. The van der Waals surface area contributed by atoms with Crippen LogP contribution in [0.2, 0.25) is 0 Å². The van der Waals surface area contributed by atoms with Gasteiger partial charge in [-0.1, -0.05) is 13.3 Å². The van der Waals surface area contributed by atoms with Crippen molar-refractivity contribution >= 4 is 0 Å². The number of nitrogens with zero attached hydrogens (tertiary/aromatic N) is 1. The third-order valence-electron chi connectivity index (χ3n) is 3.83. The maximum atomic E-state index is 3.66. The van der Waals surface area contributed by atoms with Crippen LogP contribution in [0.25, 0.3) is 0 Å². The van der Waals surface area contributed by atoms with Crippen LogP contribution in [0.3, 0.4) is 0 Å². The summed E-state index contributed by atoms with van der Waals surface area (Å²) < 4.78 is 0. The van der Waals surface area contributed by atoms with Gasteiger partial charge in [-0.2, -0.15) is 0 Å². The second-order valence-electron chi connectivity index (χ2n) is 4.79. The van der Waals surface area contributed by atoms with Gasteiger partial charge in [-0.05, 0) is 45.3 Å². The van der Waals surface area contributed by atoms with Gasteiger partial charge in [0.15, 0.2) is 0 Å². The second kappa shape index (κ2) is 3.97. The molecule has 0 aromatic carbocycles. The number of likely N-dealkylation sites (N-methyl/N-ethyl adjacent to an activating group) is 1. The van der Waals surface area contributed by atoms with Crippen LogP contribution in [0.4, 0.5) is 0 Å². The lowest BCUT2D eigenvalue weighted by Crippen LogP contribution is -2.50. The predicted molar refractivity (Wildman–Crippen MR) is 55.8 cm³/mol. The van der Waals surface area contributed by atoms with Crippen LogP contribution in [-0.4, -0.2) is 37.1 Å². The van der Waals surface area contributed by atoms with Crippen molar-refractivity contribution in [3.05, 3.63) is 0 Å². The van der Waals surface area contributed by atoms with E-state index < -0.39 is 0 Å². The third kappa shape index (κ3) is 1.89. The first kappa shape index (κ1) is 9.47. The molecule has 2 heterocycles. The molecule has 3 unspecified atom stereocenters. The molecule has 0 amide bonds. The van der Waals surface area contributed by atoms with Crippen molar-refractivity contribution in [3.63, 3.8) is 0 Å². The summed E-state index contributed by atoms with van der Waals surface area (Å²) in [6, 6.07) is 1.58. The van der Waals surface area contributed by atoms with Crippen LogP contribution in [0.15, 0.2) is 0 Å². The Hall–Kier alpha value is -0.0800. The van der Waals surface area contributed by atoms with E-state index in [-0.39, 0.29) is 0 Å². The molecule has 2 nitrogen and oxygen atoms in total. The van der Waals surface area contributed by atoms with Crippen LogP contribution in [0.5, 0.6) is 0 Å². The van der Waals surface area contributed by atoms with Crippen LogP contribution in [0, 0.1) is 5.92 Å². The van der Waals surface area contributed by atoms with Crippen molar-refractivity contribution in [3.8, 4) is 0 Å². The molecule has 0 aliphatic carbocycles. The Balaban J connectivity index is 1.97. The fraction of sp³-hybridized carbons (Fsp3) is 1.00. The smallest absolute Gasteiger partial charge is 0.0249 e. The topological polar surface area (TPSA) is 15.3 Å². The quantitative estimate of drug-likeness (QED) is 0.660. The minimum absolute atomic E-state index is 0.769. The first-order valence-electron chi connectivity index (χ1n) is 5.72. The molecule has 2 heteroatoms. The Morgan fingerprint density at radius 2 is 2.08 bits per heavy atom. The molecule has 0 bridgehead atoms. The van der Waals surface area contributed by atoms with Gasteiger partial charge in [0.05, 0.1) is 0 Å². The molecule has 0 radical (unpaired) electrons. The van der Waals surface area contributed by atoms with Crippen molar-refractivity contribution < 1.29 is 0 Å². The van der Waals surface area contributed by atoms with Gasteiger partial charge >= 0.3 is 0 Å². The van der Waals surface area contributed by atoms with E-state index in [1.54, 1.807) is 0 Å². The van der Waals surface area contributed by atoms with Gasteiger partial charge in [0.2, 0.25) is 0 Å². The highest BCUT2D eigenvalue weighted by Crippen LogP contribution is 2.26. The van der Waals surface area contributed by atoms with Gasteiger partial charge in [0.1, 0.15) is 0 Å². The molecular formula is C11H22N2. The van der Waals surface area contributed by atoms with Crippen LogP contribution in [0.1, 0.15) is 32.6 Å². The molecule has 0 aromatic heterocycles. The highest BCUT2D eigenvalue weighted by atomic mass is 15.2. The van der Waals surface area contributed by atoms with E-state index >= 15 is 0 Å². The summed E-state index contributed by atoms with van der Waals surface area (Å²) in [7, 11) is 2.29. The average Bonchev–Trinajstić information content (AvgIpc) is 2.52. The first-order valence-corrected chi connectivity index (χ1v) is 5.72. The van der Waals surface area contributed by atoms with Crippen LogP contribution < -0.4 is 5.32 Å². The number of rotatable bonds is 1. The Bertz CT molecular complexity index is 169. The lowest BCUT2D eigenvalue weighted by atomic mass is 9.89. The monoisotopic (exact) mass is 182 g/mol. The fourth-order valence-electron chi connectivity index (χ4n) is 2.93. The van der Waals surface area contributed by atoms with E-state index in [1.807, 2.05) is 0 Å². The molecule has 2 rings (SSSR count). The van der Waals surface area contributed by atoms with E-state index in [9.17, 15) is 0 Å². The average molecular weight is 182 g/mol. The molecule has 3 atom stereocenters. The van der Waals surface area contributed by atoms with Crippen molar-refractivity contribution in [1.82, 2.24) is 10.2 Å². The Morgan fingerprint density at radius 3 is 2.69 bits per heavy atom. The minimum Gasteiger partial charge on any atom is -0.312 e. The molecule has 2 aliphatic rings. The molecule has 0 saturated carbocycles. The van der Waals surface area contributed by atoms with Crippen molar-refractivity contribution in [2.45, 2.75) is 44.7 Å². The van der Waals surface area contributed by atoms with Crippen LogP contribution >= 0.6 is 0 Å². The maximum absolute atomic E-state index is 3.66. The highest BCUT2D eigenvalue weighted by molar-refractivity contribution is 4.92. The lowest BCUT2D eigenvalue weighted by Gasteiger charge is -2.38. The Kier molecular flexibility index (Phi) is 2.89. The zero-order valence-electron chi connectivity index (χ0n) is 8.92. The first-order chi connectivity index (χ1) is 6.29. The van der Waals surface area contributed by atoms with E-state index in [1.165, 1.54) is 38.8 Å². The summed E-state index contributed by atoms with van der Waals surface area (Å²) in [4.78, 5) is 2.56. The number of piperidine rings is 1. The zero-order valence-corrected chi connectivity index (χ0v) is 8.92. The van der Waals surface area contributed by atoms with Gasteiger partial charge in [0, 0.05) is 12.1 Å². The number of hydrogen-bond acceptors (Lipinski definition) is 2. The molecule has 1 N–H and O–H groups in total. The van der Waals surface area contributed by atoms with Gasteiger partial charge in [0.25, 0.3) is 0 Å². The standard InChI is InChI=1S/C11H22N2/c1-9-6-7-12-11(9)10-5-3-4-8-13(10)2/h9-12H,3-8H2,1-2H3. The number of hydrogen-bond donors (Lipinski definition) is 1. The van der Waals surface area contributed by atoms with Crippen molar-refractivity contribution in [2.75, 3.05) is 20.1 Å². The molecule has 2 fully saturated rings. The summed E-state index contributed by atoms with van der Waals surface area (Å²) in [6.07, 6.45) is 5.60. The Morgan fingerprint density at radius 1 is 1.23 bits per heavy atom. The minimum atomic E-state index is 0.769. The lowest BCUT2D eigenvalue weighted by molar-refractivity contribution is 0.137.